The fraction of sp³-hybridized carbons (Fsp3) is 0.367. The monoisotopic (exact) mass is 593 g/mol. The highest BCUT2D eigenvalue weighted by Gasteiger charge is 2.31. The molecule has 230 valence electrons. The highest BCUT2D eigenvalue weighted by molar-refractivity contribution is 5.95. The zero-order valence-electron chi connectivity index (χ0n) is 23.8. The molecule has 1 heterocycles. The van der Waals surface area contributed by atoms with Crippen molar-refractivity contribution in [3.05, 3.63) is 71.9 Å². The molecule has 11 N–H and O–H groups in total. The van der Waals surface area contributed by atoms with Gasteiger partial charge in [-0.1, -0.05) is 48.5 Å². The summed E-state index contributed by atoms with van der Waals surface area (Å²) in [6.45, 7) is 0.366. The van der Waals surface area contributed by atoms with Crippen LogP contribution in [0.1, 0.15) is 36.8 Å². The lowest BCUT2D eigenvalue weighted by molar-refractivity contribution is -0.142. The maximum Gasteiger partial charge on any atom is 0.326 e. The molecule has 1 aromatic heterocycles. The van der Waals surface area contributed by atoms with Crippen LogP contribution in [0.3, 0.4) is 0 Å². The number of hydrogen-bond acceptors (Lipinski definition) is 7. The highest BCUT2D eigenvalue weighted by Crippen LogP contribution is 2.19. The van der Waals surface area contributed by atoms with Crippen LogP contribution >= 0.6 is 0 Å². The molecule has 13 heteroatoms. The van der Waals surface area contributed by atoms with E-state index in [2.05, 4.69) is 20.9 Å². The van der Waals surface area contributed by atoms with Gasteiger partial charge < -0.3 is 43.2 Å². The zero-order valence-corrected chi connectivity index (χ0v) is 23.8. The number of fused-ring (bicyclic) bond motifs is 1. The third-order valence-electron chi connectivity index (χ3n) is 6.97. The number of carboxylic acid groups (broad SMARTS) is 1. The molecule has 2 aromatic carbocycles. The van der Waals surface area contributed by atoms with Gasteiger partial charge in [-0.05, 0) is 43.0 Å². The molecule has 0 aliphatic rings. The molecule has 4 atom stereocenters. The van der Waals surface area contributed by atoms with Crippen LogP contribution in [0.25, 0.3) is 10.9 Å². The van der Waals surface area contributed by atoms with Gasteiger partial charge >= 0.3 is 5.97 Å². The smallest absolute Gasteiger partial charge is 0.326 e. The van der Waals surface area contributed by atoms with Gasteiger partial charge in [0.15, 0.2) is 0 Å². The van der Waals surface area contributed by atoms with E-state index in [9.17, 15) is 29.1 Å². The van der Waals surface area contributed by atoms with Crippen LogP contribution in [-0.2, 0) is 36.8 Å². The minimum atomic E-state index is -1.27. The quantitative estimate of drug-likeness (QED) is 0.0975. The predicted molar refractivity (Wildman–Crippen MR) is 160 cm³/mol. The Kier molecular flexibility index (Phi) is 12.2. The third-order valence-corrected chi connectivity index (χ3v) is 6.97. The fourth-order valence-corrected chi connectivity index (χ4v) is 4.67. The summed E-state index contributed by atoms with van der Waals surface area (Å²) in [4.78, 5) is 66.1. The van der Waals surface area contributed by atoms with Crippen LogP contribution in [0.4, 0.5) is 0 Å². The Balaban J connectivity index is 1.78. The third kappa shape index (κ3) is 9.94. The maximum atomic E-state index is 13.5. The molecule has 0 aliphatic heterocycles. The maximum absolute atomic E-state index is 13.5. The molecule has 13 nitrogen and oxygen atoms in total. The summed E-state index contributed by atoms with van der Waals surface area (Å²) in [5, 5.41) is 18.5. The first-order valence-electron chi connectivity index (χ1n) is 14.1. The van der Waals surface area contributed by atoms with E-state index < -0.39 is 60.2 Å². The average Bonchev–Trinajstić information content (AvgIpc) is 3.38. The lowest BCUT2D eigenvalue weighted by Crippen LogP contribution is -2.58. The summed E-state index contributed by atoms with van der Waals surface area (Å²) in [5.74, 6) is -4.14. The van der Waals surface area contributed by atoms with Gasteiger partial charge in [0.2, 0.25) is 23.6 Å². The standard InChI is InChI=1S/C30H39N7O6/c31-13-7-6-12-23(28(40)37-25(30(42)43)15-19-17-34-22-11-5-4-10-20(19)22)35-29(41)24(14-18-8-2-1-3-9-18)36-27(39)21(32)16-26(33)38/h1-5,8-11,17,21,23-25,34H,6-7,12-16,31-32H2,(H2,33,38)(H,35,41)(H,36,39)(H,37,40)(H,42,43). The van der Waals surface area contributed by atoms with Crippen molar-refractivity contribution in [2.24, 2.45) is 17.2 Å². The van der Waals surface area contributed by atoms with Gasteiger partial charge in [0.25, 0.3) is 0 Å². The molecule has 4 unspecified atom stereocenters. The van der Waals surface area contributed by atoms with Crippen LogP contribution in [-0.4, -0.2) is 70.4 Å². The summed E-state index contributed by atoms with van der Waals surface area (Å²) in [5.41, 5.74) is 18.8. The molecule has 0 aliphatic carbocycles. The van der Waals surface area contributed by atoms with Crippen molar-refractivity contribution in [2.75, 3.05) is 6.54 Å². The normalized spacial score (nSPS) is 13.8. The van der Waals surface area contributed by atoms with Gasteiger partial charge in [-0.3, -0.25) is 19.2 Å². The van der Waals surface area contributed by atoms with E-state index in [0.717, 1.165) is 16.5 Å². The number of carbonyl (C=O) groups excluding carboxylic acids is 4. The zero-order chi connectivity index (χ0) is 31.4. The number of nitrogens with two attached hydrogens (primary N) is 3. The van der Waals surface area contributed by atoms with Crippen LogP contribution in [0.2, 0.25) is 0 Å². The van der Waals surface area contributed by atoms with E-state index >= 15 is 0 Å². The number of para-hydroxylation sites is 1. The number of amides is 4. The number of unbranched alkanes of at least 4 members (excludes halogenated alkanes) is 1. The molecule has 43 heavy (non-hydrogen) atoms. The van der Waals surface area contributed by atoms with Gasteiger partial charge in [-0.2, -0.15) is 0 Å². The van der Waals surface area contributed by atoms with E-state index in [1.54, 1.807) is 36.5 Å². The van der Waals surface area contributed by atoms with E-state index in [4.69, 9.17) is 17.2 Å². The van der Waals surface area contributed by atoms with Crippen LogP contribution in [0.5, 0.6) is 0 Å². The Bertz CT molecular complexity index is 1410. The Labute approximate surface area is 248 Å². The molecule has 3 rings (SSSR count). The summed E-state index contributed by atoms with van der Waals surface area (Å²) in [6, 6.07) is 11.5. The molecule has 0 fully saturated rings. The minimum Gasteiger partial charge on any atom is -0.480 e. The van der Waals surface area contributed by atoms with Crippen LogP contribution in [0.15, 0.2) is 60.8 Å². The Morgan fingerprint density at radius 3 is 2.09 bits per heavy atom. The number of carboxylic acids is 1. The first kappa shape index (κ1) is 32.8. The lowest BCUT2D eigenvalue weighted by atomic mass is 10.0. The largest absolute Gasteiger partial charge is 0.480 e. The summed E-state index contributed by atoms with van der Waals surface area (Å²) in [7, 11) is 0. The van der Waals surface area contributed by atoms with Gasteiger partial charge in [0.1, 0.15) is 18.1 Å². The van der Waals surface area contributed by atoms with Crippen molar-refractivity contribution in [2.45, 2.75) is 62.7 Å². The number of aromatic amines is 1. The molecule has 0 saturated carbocycles. The molecule has 0 saturated heterocycles. The van der Waals surface area contributed by atoms with Crippen molar-refractivity contribution in [1.29, 1.82) is 0 Å². The number of carbonyl (C=O) groups is 5. The number of benzene rings is 2. The van der Waals surface area contributed by atoms with Crippen molar-refractivity contribution in [3.63, 3.8) is 0 Å². The Morgan fingerprint density at radius 2 is 1.42 bits per heavy atom. The van der Waals surface area contributed by atoms with E-state index in [0.29, 0.717) is 24.9 Å². The predicted octanol–water partition coefficient (Wildman–Crippen LogP) is -0.176. The number of aliphatic carboxylic acids is 1. The van der Waals surface area contributed by atoms with E-state index in [1.807, 2.05) is 24.3 Å². The van der Waals surface area contributed by atoms with Crippen molar-refractivity contribution >= 4 is 40.5 Å². The van der Waals surface area contributed by atoms with Crippen LogP contribution in [0, 0.1) is 0 Å². The Morgan fingerprint density at radius 1 is 0.791 bits per heavy atom. The lowest BCUT2D eigenvalue weighted by Gasteiger charge is -2.25. The molecular weight excluding hydrogens is 554 g/mol. The molecule has 0 bridgehead atoms. The van der Waals surface area contributed by atoms with E-state index in [-0.39, 0.29) is 19.3 Å². The first-order valence-corrected chi connectivity index (χ1v) is 14.1. The number of aromatic nitrogens is 1. The fourth-order valence-electron chi connectivity index (χ4n) is 4.67. The second kappa shape index (κ2) is 16.0. The van der Waals surface area contributed by atoms with Crippen molar-refractivity contribution in [1.82, 2.24) is 20.9 Å². The van der Waals surface area contributed by atoms with Gasteiger partial charge in [0.05, 0.1) is 12.5 Å². The average molecular weight is 594 g/mol. The number of H-pyrrole nitrogens is 1. The number of primary amides is 1. The summed E-state index contributed by atoms with van der Waals surface area (Å²) >= 11 is 0. The van der Waals surface area contributed by atoms with Gasteiger partial charge in [-0.25, -0.2) is 4.79 Å². The summed E-state index contributed by atoms with van der Waals surface area (Å²) in [6.07, 6.45) is 2.60. The summed E-state index contributed by atoms with van der Waals surface area (Å²) < 4.78 is 0. The second-order valence-corrected chi connectivity index (χ2v) is 10.3. The highest BCUT2D eigenvalue weighted by atomic mass is 16.4. The molecule has 3 aromatic rings. The number of rotatable bonds is 17. The number of hydrogen-bond donors (Lipinski definition) is 8. The SMILES string of the molecule is NCCCCC(NC(=O)C(Cc1ccccc1)NC(=O)C(N)CC(N)=O)C(=O)NC(Cc1c[nH]c2ccccc12)C(=O)O. The number of nitrogens with one attached hydrogen (secondary N) is 4. The van der Waals surface area contributed by atoms with Crippen LogP contribution < -0.4 is 33.2 Å². The molecule has 4 amide bonds. The topological polar surface area (TPSA) is 236 Å². The van der Waals surface area contributed by atoms with E-state index in [1.165, 1.54) is 0 Å². The molecule has 0 spiro atoms. The molecule has 0 radical (unpaired) electrons. The Hall–Kier alpha value is -4.75. The molecular formula is C30H39N7O6. The minimum absolute atomic E-state index is 0.0129. The van der Waals surface area contributed by atoms with Crippen molar-refractivity contribution < 1.29 is 29.1 Å². The van der Waals surface area contributed by atoms with Gasteiger partial charge in [-0.15, -0.1) is 0 Å². The van der Waals surface area contributed by atoms with Crippen molar-refractivity contribution in [3.8, 4) is 0 Å². The van der Waals surface area contributed by atoms with Gasteiger partial charge in [0, 0.05) is 29.9 Å². The first-order chi connectivity index (χ1) is 20.6. The second-order valence-electron chi connectivity index (χ2n) is 10.3.